The van der Waals surface area contributed by atoms with Crippen molar-refractivity contribution < 1.29 is 9.47 Å². The van der Waals surface area contributed by atoms with Gasteiger partial charge in [-0.2, -0.15) is 5.26 Å². The lowest BCUT2D eigenvalue weighted by molar-refractivity contribution is 0.216. The summed E-state index contributed by atoms with van der Waals surface area (Å²) in [6, 6.07) is 12.9. The van der Waals surface area contributed by atoms with Crippen LogP contribution in [0.5, 0.6) is 11.5 Å². The van der Waals surface area contributed by atoms with Crippen LogP contribution in [0.3, 0.4) is 0 Å². The third-order valence-electron chi connectivity index (χ3n) is 2.80. The summed E-state index contributed by atoms with van der Waals surface area (Å²) < 4.78 is 12.0. The van der Waals surface area contributed by atoms with Crippen molar-refractivity contribution in [3.8, 4) is 17.6 Å². The van der Waals surface area contributed by atoms with Crippen LogP contribution in [0, 0.1) is 18.3 Å². The fourth-order valence-corrected chi connectivity index (χ4v) is 2.21. The molecule has 0 radical (unpaired) electrons. The predicted octanol–water partition coefficient (Wildman–Crippen LogP) is 4.74. The molecule has 2 rings (SSSR count). The normalized spacial score (nSPS) is 10.0. The third-order valence-corrected chi connectivity index (χ3v) is 3.72. The highest BCUT2D eigenvalue weighted by Gasteiger charge is 2.04. The molecule has 0 aromatic heterocycles. The van der Waals surface area contributed by atoms with E-state index >= 15 is 0 Å². The van der Waals surface area contributed by atoms with Gasteiger partial charge in [-0.1, -0.05) is 27.5 Å². The van der Waals surface area contributed by atoms with Gasteiger partial charge in [0.2, 0.25) is 0 Å². The molecule has 0 saturated carbocycles. The Morgan fingerprint density at radius 2 is 1.90 bits per heavy atom. The summed E-state index contributed by atoms with van der Waals surface area (Å²) in [5.74, 6) is 1.30. The molecular weight excluding hydrogens is 354 g/mol. The zero-order valence-electron chi connectivity index (χ0n) is 11.4. The minimum Gasteiger partial charge on any atom is -0.490 e. The topological polar surface area (TPSA) is 42.2 Å². The van der Waals surface area contributed by atoms with Crippen molar-refractivity contribution in [3.63, 3.8) is 0 Å². The molecule has 0 heterocycles. The van der Waals surface area contributed by atoms with E-state index in [0.717, 1.165) is 15.8 Å². The van der Waals surface area contributed by atoms with Crippen LogP contribution in [0.25, 0.3) is 0 Å². The van der Waals surface area contributed by atoms with Crippen LogP contribution in [0.2, 0.25) is 5.02 Å². The van der Waals surface area contributed by atoms with Crippen molar-refractivity contribution in [2.45, 2.75) is 6.92 Å². The van der Waals surface area contributed by atoms with E-state index in [4.69, 9.17) is 26.3 Å². The number of nitrogens with zero attached hydrogens (tertiary/aromatic N) is 1. The zero-order valence-corrected chi connectivity index (χ0v) is 13.7. The van der Waals surface area contributed by atoms with Crippen molar-refractivity contribution in [2.24, 2.45) is 0 Å². The molecule has 0 unspecified atom stereocenters. The first-order chi connectivity index (χ1) is 10.1. The minimum atomic E-state index is 0.359. The number of ether oxygens (including phenoxy) is 2. The first-order valence-electron chi connectivity index (χ1n) is 6.31. The van der Waals surface area contributed by atoms with E-state index in [1.165, 1.54) is 0 Å². The molecule has 0 aliphatic heterocycles. The first-order valence-corrected chi connectivity index (χ1v) is 7.48. The number of benzene rings is 2. The van der Waals surface area contributed by atoms with Crippen molar-refractivity contribution in [1.29, 1.82) is 5.26 Å². The van der Waals surface area contributed by atoms with Gasteiger partial charge in [0, 0.05) is 9.50 Å². The van der Waals surface area contributed by atoms with E-state index in [-0.39, 0.29) is 0 Å². The summed E-state index contributed by atoms with van der Waals surface area (Å²) >= 11 is 9.27. The lowest BCUT2D eigenvalue weighted by Gasteiger charge is -2.10. The van der Waals surface area contributed by atoms with Crippen LogP contribution in [-0.4, -0.2) is 13.2 Å². The zero-order chi connectivity index (χ0) is 15.2. The van der Waals surface area contributed by atoms with Crippen LogP contribution in [0.4, 0.5) is 0 Å². The number of nitriles is 1. The van der Waals surface area contributed by atoms with Crippen molar-refractivity contribution in [1.82, 2.24) is 0 Å². The van der Waals surface area contributed by atoms with Crippen LogP contribution in [0.15, 0.2) is 40.9 Å². The van der Waals surface area contributed by atoms with Gasteiger partial charge in [0.1, 0.15) is 30.8 Å². The lowest BCUT2D eigenvalue weighted by Crippen LogP contribution is -2.09. The number of halogens is 2. The largest absolute Gasteiger partial charge is 0.490 e. The quantitative estimate of drug-likeness (QED) is 0.718. The molecule has 5 heteroatoms. The molecule has 0 amide bonds. The predicted molar refractivity (Wildman–Crippen MR) is 86.0 cm³/mol. The molecule has 0 spiro atoms. The van der Waals surface area contributed by atoms with E-state index in [1.807, 2.05) is 25.1 Å². The number of rotatable bonds is 5. The molecule has 0 N–H and O–H groups in total. The monoisotopic (exact) mass is 365 g/mol. The molecule has 0 aliphatic rings. The Balaban J connectivity index is 1.87. The van der Waals surface area contributed by atoms with Gasteiger partial charge >= 0.3 is 0 Å². The smallest absolute Gasteiger partial charge is 0.137 e. The highest BCUT2D eigenvalue weighted by Crippen LogP contribution is 2.23. The van der Waals surface area contributed by atoms with Gasteiger partial charge in [-0.3, -0.25) is 0 Å². The van der Waals surface area contributed by atoms with Crippen molar-refractivity contribution >= 4 is 27.5 Å². The second kappa shape index (κ2) is 7.35. The first kappa shape index (κ1) is 15.7. The molecular formula is C16H13BrClNO2. The van der Waals surface area contributed by atoms with Gasteiger partial charge in [0.25, 0.3) is 0 Å². The van der Waals surface area contributed by atoms with Crippen molar-refractivity contribution in [2.75, 3.05) is 13.2 Å². The number of hydrogen-bond donors (Lipinski definition) is 0. The highest BCUT2D eigenvalue weighted by molar-refractivity contribution is 9.10. The lowest BCUT2D eigenvalue weighted by atomic mass is 10.2. The van der Waals surface area contributed by atoms with Gasteiger partial charge in [-0.05, 0) is 48.9 Å². The summed E-state index contributed by atoms with van der Waals surface area (Å²) in [6.07, 6.45) is 0. The Hall–Kier alpha value is -1.70. The SMILES string of the molecule is Cc1cc(OCCOc2ccc(Br)cc2C#N)ccc1Cl. The molecule has 0 fully saturated rings. The van der Waals surface area contributed by atoms with E-state index in [9.17, 15) is 0 Å². The summed E-state index contributed by atoms with van der Waals surface area (Å²) in [4.78, 5) is 0. The highest BCUT2D eigenvalue weighted by atomic mass is 79.9. The third kappa shape index (κ3) is 4.38. The van der Waals surface area contributed by atoms with Crippen LogP contribution < -0.4 is 9.47 Å². The average molecular weight is 367 g/mol. The van der Waals surface area contributed by atoms with Crippen molar-refractivity contribution in [3.05, 3.63) is 57.0 Å². The van der Waals surface area contributed by atoms with Gasteiger partial charge in [0.05, 0.1) is 5.56 Å². The molecule has 3 nitrogen and oxygen atoms in total. The molecule has 0 saturated heterocycles. The van der Waals surface area contributed by atoms with E-state index in [0.29, 0.717) is 29.5 Å². The molecule has 0 aliphatic carbocycles. The summed E-state index contributed by atoms with van der Waals surface area (Å²) in [5, 5.41) is 9.75. The second-order valence-corrected chi connectivity index (χ2v) is 5.68. The Labute approximate surface area is 137 Å². The van der Waals surface area contributed by atoms with Gasteiger partial charge in [-0.25, -0.2) is 0 Å². The van der Waals surface area contributed by atoms with Crippen LogP contribution >= 0.6 is 27.5 Å². The summed E-state index contributed by atoms with van der Waals surface area (Å²) in [5.41, 5.74) is 1.46. The summed E-state index contributed by atoms with van der Waals surface area (Å²) in [7, 11) is 0. The maximum absolute atomic E-state index is 9.04. The van der Waals surface area contributed by atoms with Gasteiger partial charge in [-0.15, -0.1) is 0 Å². The Morgan fingerprint density at radius 3 is 2.62 bits per heavy atom. The summed E-state index contributed by atoms with van der Waals surface area (Å²) in [6.45, 7) is 2.67. The van der Waals surface area contributed by atoms with Gasteiger partial charge in [0.15, 0.2) is 0 Å². The molecule has 108 valence electrons. The molecule has 2 aromatic rings. The number of hydrogen-bond acceptors (Lipinski definition) is 3. The number of aryl methyl sites for hydroxylation is 1. The fraction of sp³-hybridized carbons (Fsp3) is 0.188. The Bertz CT molecular complexity index is 682. The van der Waals surface area contributed by atoms with E-state index in [1.54, 1.807) is 18.2 Å². The maximum Gasteiger partial charge on any atom is 0.137 e. The molecule has 2 aromatic carbocycles. The second-order valence-electron chi connectivity index (χ2n) is 4.36. The minimum absolute atomic E-state index is 0.359. The average Bonchev–Trinajstić information content (AvgIpc) is 2.48. The molecule has 0 bridgehead atoms. The molecule has 0 atom stereocenters. The molecule has 21 heavy (non-hydrogen) atoms. The Kier molecular flexibility index (Phi) is 5.49. The fourth-order valence-electron chi connectivity index (χ4n) is 1.73. The van der Waals surface area contributed by atoms with E-state index in [2.05, 4.69) is 22.0 Å². The van der Waals surface area contributed by atoms with Crippen LogP contribution in [-0.2, 0) is 0 Å². The van der Waals surface area contributed by atoms with E-state index < -0.39 is 0 Å². The van der Waals surface area contributed by atoms with Gasteiger partial charge < -0.3 is 9.47 Å². The maximum atomic E-state index is 9.04. The van der Waals surface area contributed by atoms with Crippen LogP contribution in [0.1, 0.15) is 11.1 Å². The Morgan fingerprint density at radius 1 is 1.14 bits per heavy atom. The standard InChI is InChI=1S/C16H13BrClNO2/c1-11-8-14(3-4-15(11)18)20-6-7-21-16-5-2-13(17)9-12(16)10-19/h2-5,8-9H,6-7H2,1H3.